The molecule has 1 aliphatic rings. The Morgan fingerprint density at radius 1 is 1.33 bits per heavy atom. The molecule has 1 aliphatic heterocycles. The van der Waals surface area contributed by atoms with Crippen molar-refractivity contribution in [1.82, 2.24) is 19.4 Å². The van der Waals surface area contributed by atoms with Crippen LogP contribution in [0.25, 0.3) is 11.1 Å². The van der Waals surface area contributed by atoms with E-state index in [0.29, 0.717) is 17.6 Å². The van der Waals surface area contributed by atoms with Crippen molar-refractivity contribution in [3.63, 3.8) is 0 Å². The predicted octanol–water partition coefficient (Wildman–Crippen LogP) is 1.61. The molecule has 1 atom stereocenters. The highest BCUT2D eigenvalue weighted by Gasteiger charge is 2.23. The predicted molar refractivity (Wildman–Crippen MR) is 90.8 cm³/mol. The molecule has 1 aromatic carbocycles. The molecule has 124 valence electrons. The molecule has 1 fully saturated rings. The fourth-order valence-electron chi connectivity index (χ4n) is 3.18. The van der Waals surface area contributed by atoms with Gasteiger partial charge >= 0.3 is 5.76 Å². The molecule has 0 spiro atoms. The second-order valence-corrected chi connectivity index (χ2v) is 6.17. The van der Waals surface area contributed by atoms with Crippen molar-refractivity contribution in [3.05, 3.63) is 52.8 Å². The molecule has 2 aromatic heterocycles. The lowest BCUT2D eigenvalue weighted by molar-refractivity contribution is 0.328. The van der Waals surface area contributed by atoms with Crippen LogP contribution >= 0.6 is 0 Å². The number of nitrogens with zero attached hydrogens (tertiary/aromatic N) is 4. The number of hydrogen-bond donors (Lipinski definition) is 1. The standard InChI is InChI=1S/C17H19N5O2/c1-21-14-9-12(3-4-15(14)24-17(21)23)10-22-8-5-13(11-22)20-16-18-6-2-7-19-16/h2-4,6-7,9,13H,5,8,10-11H2,1H3,(H,18,19,20). The summed E-state index contributed by atoms with van der Waals surface area (Å²) in [5.74, 6) is 0.356. The lowest BCUT2D eigenvalue weighted by Gasteiger charge is -2.16. The topological polar surface area (TPSA) is 76.2 Å². The minimum absolute atomic E-state index is 0.324. The molecule has 0 aliphatic carbocycles. The lowest BCUT2D eigenvalue weighted by Crippen LogP contribution is -2.26. The molecule has 7 nitrogen and oxygen atoms in total. The van der Waals surface area contributed by atoms with Gasteiger partial charge in [0.15, 0.2) is 5.58 Å². The number of anilines is 1. The first-order chi connectivity index (χ1) is 11.7. The van der Waals surface area contributed by atoms with Crippen molar-refractivity contribution in [1.29, 1.82) is 0 Å². The van der Waals surface area contributed by atoms with Crippen LogP contribution in [0, 0.1) is 0 Å². The lowest BCUT2D eigenvalue weighted by atomic mass is 10.2. The van der Waals surface area contributed by atoms with E-state index in [1.54, 1.807) is 24.0 Å². The van der Waals surface area contributed by atoms with Crippen LogP contribution in [-0.4, -0.2) is 38.6 Å². The van der Waals surface area contributed by atoms with Crippen molar-refractivity contribution in [2.75, 3.05) is 18.4 Å². The highest BCUT2D eigenvalue weighted by atomic mass is 16.4. The van der Waals surface area contributed by atoms with E-state index in [1.807, 2.05) is 24.3 Å². The monoisotopic (exact) mass is 325 g/mol. The Labute approximate surface area is 138 Å². The van der Waals surface area contributed by atoms with Crippen LogP contribution in [0.4, 0.5) is 5.95 Å². The van der Waals surface area contributed by atoms with Crippen molar-refractivity contribution >= 4 is 17.0 Å². The average molecular weight is 325 g/mol. The molecular weight excluding hydrogens is 306 g/mol. The van der Waals surface area contributed by atoms with Crippen molar-refractivity contribution < 1.29 is 4.42 Å². The number of nitrogens with one attached hydrogen (secondary N) is 1. The smallest absolute Gasteiger partial charge is 0.408 e. The number of benzene rings is 1. The number of aryl methyl sites for hydroxylation is 1. The summed E-state index contributed by atoms with van der Waals surface area (Å²) < 4.78 is 6.72. The van der Waals surface area contributed by atoms with E-state index in [1.165, 1.54) is 5.56 Å². The van der Waals surface area contributed by atoms with Gasteiger partial charge in [-0.3, -0.25) is 9.47 Å². The van der Waals surface area contributed by atoms with Crippen LogP contribution in [-0.2, 0) is 13.6 Å². The summed E-state index contributed by atoms with van der Waals surface area (Å²) in [5, 5.41) is 3.37. The SMILES string of the molecule is Cn1c(=O)oc2ccc(CN3CCC(Nc4ncccn4)C3)cc21. The summed E-state index contributed by atoms with van der Waals surface area (Å²) in [4.78, 5) is 22.4. The zero-order valence-corrected chi connectivity index (χ0v) is 13.5. The zero-order valence-electron chi connectivity index (χ0n) is 13.5. The van der Waals surface area contributed by atoms with Gasteiger partial charge in [-0.15, -0.1) is 0 Å². The number of rotatable bonds is 4. The number of aromatic nitrogens is 3. The summed E-state index contributed by atoms with van der Waals surface area (Å²) in [5.41, 5.74) is 2.65. The fraction of sp³-hybridized carbons (Fsp3) is 0.353. The average Bonchev–Trinajstić information content (AvgIpc) is 3.14. The first-order valence-corrected chi connectivity index (χ1v) is 8.03. The van der Waals surface area contributed by atoms with Gasteiger partial charge in [0, 0.05) is 45.1 Å². The molecule has 7 heteroatoms. The van der Waals surface area contributed by atoms with E-state index in [-0.39, 0.29) is 5.76 Å². The van der Waals surface area contributed by atoms with E-state index in [2.05, 4.69) is 20.2 Å². The van der Waals surface area contributed by atoms with Crippen LogP contribution < -0.4 is 11.1 Å². The molecule has 24 heavy (non-hydrogen) atoms. The summed E-state index contributed by atoms with van der Waals surface area (Å²) in [6.07, 6.45) is 4.55. The first-order valence-electron chi connectivity index (χ1n) is 8.03. The fourth-order valence-corrected chi connectivity index (χ4v) is 3.18. The zero-order chi connectivity index (χ0) is 16.5. The first kappa shape index (κ1) is 14.9. The Balaban J connectivity index is 1.43. The van der Waals surface area contributed by atoms with Gasteiger partial charge in [-0.05, 0) is 30.2 Å². The third-order valence-electron chi connectivity index (χ3n) is 4.43. The van der Waals surface area contributed by atoms with Gasteiger partial charge in [0.05, 0.1) is 5.52 Å². The quantitative estimate of drug-likeness (QED) is 0.785. The molecule has 3 heterocycles. The van der Waals surface area contributed by atoms with Crippen LogP contribution in [0.2, 0.25) is 0 Å². The third-order valence-corrected chi connectivity index (χ3v) is 4.43. The Morgan fingerprint density at radius 3 is 3.00 bits per heavy atom. The van der Waals surface area contributed by atoms with Gasteiger partial charge in [-0.25, -0.2) is 14.8 Å². The molecular formula is C17H19N5O2. The molecule has 0 bridgehead atoms. The minimum Gasteiger partial charge on any atom is -0.408 e. The minimum atomic E-state index is -0.324. The molecule has 0 amide bonds. The Bertz CT molecular complexity index is 902. The van der Waals surface area contributed by atoms with Crippen LogP contribution in [0.15, 0.2) is 45.9 Å². The summed E-state index contributed by atoms with van der Waals surface area (Å²) in [6.45, 7) is 2.82. The highest BCUT2D eigenvalue weighted by molar-refractivity contribution is 5.73. The molecule has 0 saturated carbocycles. The number of hydrogen-bond acceptors (Lipinski definition) is 6. The number of likely N-dealkylation sites (tertiary alicyclic amines) is 1. The van der Waals surface area contributed by atoms with Crippen molar-refractivity contribution in [2.24, 2.45) is 7.05 Å². The Kier molecular flexibility index (Phi) is 3.78. The molecule has 4 rings (SSSR count). The molecule has 1 unspecified atom stereocenters. The van der Waals surface area contributed by atoms with E-state index in [9.17, 15) is 4.79 Å². The molecule has 3 aromatic rings. The van der Waals surface area contributed by atoms with Crippen molar-refractivity contribution in [3.8, 4) is 0 Å². The normalized spacial score (nSPS) is 18.3. The van der Waals surface area contributed by atoms with E-state index in [0.717, 1.165) is 31.6 Å². The maximum Gasteiger partial charge on any atom is 0.419 e. The van der Waals surface area contributed by atoms with Gasteiger partial charge in [-0.1, -0.05) is 6.07 Å². The molecule has 1 N–H and O–H groups in total. The van der Waals surface area contributed by atoms with Crippen LogP contribution in [0.5, 0.6) is 0 Å². The second kappa shape index (κ2) is 6.09. The highest BCUT2D eigenvalue weighted by Crippen LogP contribution is 2.19. The van der Waals surface area contributed by atoms with Gasteiger partial charge in [0.1, 0.15) is 0 Å². The van der Waals surface area contributed by atoms with Crippen LogP contribution in [0.1, 0.15) is 12.0 Å². The summed E-state index contributed by atoms with van der Waals surface area (Å²) in [6, 6.07) is 8.09. The van der Waals surface area contributed by atoms with E-state index in [4.69, 9.17) is 4.42 Å². The number of oxazole rings is 1. The second-order valence-electron chi connectivity index (χ2n) is 6.17. The maximum absolute atomic E-state index is 11.6. The van der Waals surface area contributed by atoms with Gasteiger partial charge in [-0.2, -0.15) is 0 Å². The number of fused-ring (bicyclic) bond motifs is 1. The van der Waals surface area contributed by atoms with Gasteiger partial charge in [0.25, 0.3) is 0 Å². The maximum atomic E-state index is 11.6. The summed E-state index contributed by atoms with van der Waals surface area (Å²) >= 11 is 0. The summed E-state index contributed by atoms with van der Waals surface area (Å²) in [7, 11) is 1.73. The third kappa shape index (κ3) is 2.90. The van der Waals surface area contributed by atoms with Gasteiger partial charge < -0.3 is 9.73 Å². The van der Waals surface area contributed by atoms with Crippen molar-refractivity contribution in [2.45, 2.75) is 19.0 Å². The Morgan fingerprint density at radius 2 is 2.17 bits per heavy atom. The van der Waals surface area contributed by atoms with E-state index >= 15 is 0 Å². The molecule has 1 saturated heterocycles. The van der Waals surface area contributed by atoms with E-state index < -0.39 is 0 Å². The molecule has 0 radical (unpaired) electrons. The van der Waals surface area contributed by atoms with Gasteiger partial charge in [0.2, 0.25) is 5.95 Å². The largest absolute Gasteiger partial charge is 0.419 e. The Hall–Kier alpha value is -2.67. The van der Waals surface area contributed by atoms with Crippen LogP contribution in [0.3, 0.4) is 0 Å².